The molecule has 3 rings (SSSR count). The average molecular weight is 334 g/mol. The Hall–Kier alpha value is -2.29. The van der Waals surface area contributed by atoms with Gasteiger partial charge in [0, 0.05) is 24.7 Å². The summed E-state index contributed by atoms with van der Waals surface area (Å²) in [6, 6.07) is 1.67. The van der Waals surface area contributed by atoms with E-state index < -0.39 is 5.91 Å². The van der Waals surface area contributed by atoms with Crippen molar-refractivity contribution in [2.45, 2.75) is 32.1 Å². The molecule has 2 aromatic heterocycles. The average Bonchev–Trinajstić information content (AvgIpc) is 3.23. The topological polar surface area (TPSA) is 118 Å². The van der Waals surface area contributed by atoms with E-state index in [9.17, 15) is 9.59 Å². The van der Waals surface area contributed by atoms with Crippen molar-refractivity contribution >= 4 is 23.3 Å². The zero-order valence-electron chi connectivity index (χ0n) is 12.8. The van der Waals surface area contributed by atoms with Gasteiger partial charge in [0.25, 0.3) is 11.8 Å². The SMILES string of the molecule is CCc1nnsc1C(=O)N1CCC[C@H](c2cc(C(N)=O)n[nH]2)C1. The number of amides is 2. The van der Waals surface area contributed by atoms with Gasteiger partial charge < -0.3 is 10.6 Å². The number of hydrogen-bond donors (Lipinski definition) is 2. The van der Waals surface area contributed by atoms with Crippen molar-refractivity contribution in [3.05, 3.63) is 28.0 Å². The Morgan fingerprint density at radius 3 is 3.04 bits per heavy atom. The number of hydrogen-bond acceptors (Lipinski definition) is 6. The van der Waals surface area contributed by atoms with Crippen LogP contribution in [-0.2, 0) is 6.42 Å². The third-order valence-electron chi connectivity index (χ3n) is 4.08. The highest BCUT2D eigenvalue weighted by Gasteiger charge is 2.29. The molecule has 1 atom stereocenters. The zero-order valence-corrected chi connectivity index (χ0v) is 13.6. The highest BCUT2D eigenvalue weighted by molar-refractivity contribution is 7.08. The van der Waals surface area contributed by atoms with E-state index in [2.05, 4.69) is 19.8 Å². The van der Waals surface area contributed by atoms with Crippen LogP contribution in [0.5, 0.6) is 0 Å². The maximum Gasteiger partial charge on any atom is 0.269 e. The van der Waals surface area contributed by atoms with Gasteiger partial charge in [0.2, 0.25) is 0 Å². The van der Waals surface area contributed by atoms with Crippen molar-refractivity contribution in [1.29, 1.82) is 0 Å². The number of nitrogens with one attached hydrogen (secondary N) is 1. The van der Waals surface area contributed by atoms with Crippen LogP contribution in [0.25, 0.3) is 0 Å². The number of H-pyrrole nitrogens is 1. The number of likely N-dealkylation sites (tertiary alicyclic amines) is 1. The molecule has 9 heteroatoms. The number of aromatic nitrogens is 4. The van der Waals surface area contributed by atoms with Gasteiger partial charge in [0.05, 0.1) is 5.69 Å². The number of primary amides is 1. The summed E-state index contributed by atoms with van der Waals surface area (Å²) >= 11 is 1.15. The number of rotatable bonds is 4. The smallest absolute Gasteiger partial charge is 0.269 e. The Labute approximate surface area is 137 Å². The molecule has 0 aromatic carbocycles. The molecular weight excluding hydrogens is 316 g/mol. The predicted molar refractivity (Wildman–Crippen MR) is 84.3 cm³/mol. The van der Waals surface area contributed by atoms with Crippen molar-refractivity contribution < 1.29 is 9.59 Å². The van der Waals surface area contributed by atoms with E-state index in [1.165, 1.54) is 0 Å². The summed E-state index contributed by atoms with van der Waals surface area (Å²) in [7, 11) is 0. The van der Waals surface area contributed by atoms with Gasteiger partial charge in [-0.3, -0.25) is 14.7 Å². The van der Waals surface area contributed by atoms with Gasteiger partial charge >= 0.3 is 0 Å². The van der Waals surface area contributed by atoms with Gasteiger partial charge in [0.15, 0.2) is 0 Å². The number of nitrogens with zero attached hydrogens (tertiary/aromatic N) is 4. The van der Waals surface area contributed by atoms with Crippen LogP contribution in [0.2, 0.25) is 0 Å². The molecule has 0 saturated carbocycles. The molecule has 0 aliphatic carbocycles. The monoisotopic (exact) mass is 334 g/mol. The van der Waals surface area contributed by atoms with Crippen molar-refractivity contribution in [2.75, 3.05) is 13.1 Å². The summed E-state index contributed by atoms with van der Waals surface area (Å²) in [4.78, 5) is 26.3. The lowest BCUT2D eigenvalue weighted by molar-refractivity contribution is 0.0709. The molecule has 2 amide bonds. The van der Waals surface area contributed by atoms with Crippen molar-refractivity contribution in [3.63, 3.8) is 0 Å². The second-order valence-corrected chi connectivity index (χ2v) is 6.32. The van der Waals surface area contributed by atoms with E-state index in [0.717, 1.165) is 35.8 Å². The quantitative estimate of drug-likeness (QED) is 0.863. The van der Waals surface area contributed by atoms with Gasteiger partial charge in [-0.25, -0.2) is 0 Å². The molecule has 2 aromatic rings. The fourth-order valence-corrected chi connectivity index (χ4v) is 3.55. The summed E-state index contributed by atoms with van der Waals surface area (Å²) in [5.41, 5.74) is 7.05. The third-order valence-corrected chi connectivity index (χ3v) is 4.84. The van der Waals surface area contributed by atoms with Gasteiger partial charge in [-0.15, -0.1) is 5.10 Å². The van der Waals surface area contributed by atoms with Gasteiger partial charge in [-0.05, 0) is 36.9 Å². The number of carbonyl (C=O) groups excluding carboxylic acids is 2. The van der Waals surface area contributed by atoms with E-state index in [-0.39, 0.29) is 17.5 Å². The van der Waals surface area contributed by atoms with Crippen molar-refractivity contribution in [2.24, 2.45) is 5.73 Å². The first-order valence-electron chi connectivity index (χ1n) is 7.55. The lowest BCUT2D eigenvalue weighted by atomic mass is 9.94. The van der Waals surface area contributed by atoms with E-state index in [1.54, 1.807) is 6.07 Å². The maximum atomic E-state index is 12.7. The summed E-state index contributed by atoms with van der Waals surface area (Å²) in [5.74, 6) is -0.449. The normalized spacial score (nSPS) is 18.1. The minimum atomic E-state index is -0.556. The number of aromatic amines is 1. The minimum Gasteiger partial charge on any atom is -0.364 e. The number of nitrogens with two attached hydrogens (primary N) is 1. The molecule has 0 unspecified atom stereocenters. The largest absolute Gasteiger partial charge is 0.364 e. The fourth-order valence-electron chi connectivity index (χ4n) is 2.83. The molecule has 8 nitrogen and oxygen atoms in total. The van der Waals surface area contributed by atoms with Crippen molar-refractivity contribution in [3.8, 4) is 0 Å². The minimum absolute atomic E-state index is 0.0174. The molecule has 23 heavy (non-hydrogen) atoms. The Morgan fingerprint density at radius 2 is 2.35 bits per heavy atom. The zero-order chi connectivity index (χ0) is 16.4. The molecule has 3 N–H and O–H groups in total. The first kappa shape index (κ1) is 15.6. The molecule has 0 radical (unpaired) electrons. The molecule has 0 spiro atoms. The van der Waals surface area contributed by atoms with Crippen molar-refractivity contribution in [1.82, 2.24) is 24.7 Å². The standard InChI is InChI=1S/C14H18N6O2S/c1-2-9-12(23-19-18-9)14(22)20-5-3-4-8(7-20)10-6-11(13(15)21)17-16-10/h6,8H,2-5,7H2,1H3,(H2,15,21)(H,16,17)/t8-/m0/s1. The Balaban J connectivity index is 1.75. The molecule has 1 aliphatic heterocycles. The predicted octanol–water partition coefficient (Wildman–Crippen LogP) is 0.942. The van der Waals surface area contributed by atoms with E-state index in [1.807, 2.05) is 11.8 Å². The van der Waals surface area contributed by atoms with Crippen LogP contribution in [-0.4, -0.2) is 49.6 Å². The first-order valence-corrected chi connectivity index (χ1v) is 8.33. The maximum absolute atomic E-state index is 12.7. The van der Waals surface area contributed by atoms with Crippen LogP contribution in [0.3, 0.4) is 0 Å². The fraction of sp³-hybridized carbons (Fsp3) is 0.500. The van der Waals surface area contributed by atoms with Crippen LogP contribution in [0.15, 0.2) is 6.07 Å². The first-order chi connectivity index (χ1) is 11.1. The molecule has 1 saturated heterocycles. The van der Waals surface area contributed by atoms with E-state index >= 15 is 0 Å². The lowest BCUT2D eigenvalue weighted by Crippen LogP contribution is -2.39. The summed E-state index contributed by atoms with van der Waals surface area (Å²) in [6.45, 7) is 3.26. The van der Waals surface area contributed by atoms with Gasteiger partial charge in [-0.1, -0.05) is 11.4 Å². The third kappa shape index (κ3) is 3.09. The molecule has 0 bridgehead atoms. The van der Waals surface area contributed by atoms with E-state index in [0.29, 0.717) is 24.4 Å². The Morgan fingerprint density at radius 1 is 1.52 bits per heavy atom. The molecule has 1 fully saturated rings. The number of aryl methyl sites for hydroxylation is 1. The molecule has 122 valence electrons. The summed E-state index contributed by atoms with van der Waals surface area (Å²) < 4.78 is 3.89. The van der Waals surface area contributed by atoms with Gasteiger partial charge in [0.1, 0.15) is 10.6 Å². The lowest BCUT2D eigenvalue weighted by Gasteiger charge is -2.32. The van der Waals surface area contributed by atoms with Crippen LogP contribution in [0.1, 0.15) is 57.2 Å². The Kier molecular flexibility index (Phi) is 4.37. The highest BCUT2D eigenvalue weighted by atomic mass is 32.1. The van der Waals surface area contributed by atoms with Crippen LogP contribution < -0.4 is 5.73 Å². The summed E-state index contributed by atoms with van der Waals surface area (Å²) in [5, 5.41) is 10.8. The molecule has 1 aliphatic rings. The number of piperidine rings is 1. The van der Waals surface area contributed by atoms with Crippen LogP contribution in [0, 0.1) is 0 Å². The summed E-state index contributed by atoms with van der Waals surface area (Å²) in [6.07, 6.45) is 2.53. The highest BCUT2D eigenvalue weighted by Crippen LogP contribution is 2.27. The van der Waals surface area contributed by atoms with Crippen LogP contribution in [0.4, 0.5) is 0 Å². The van der Waals surface area contributed by atoms with E-state index in [4.69, 9.17) is 5.73 Å². The second-order valence-electron chi connectivity index (χ2n) is 5.57. The second kappa shape index (κ2) is 6.45. The Bertz CT molecular complexity index is 724. The van der Waals surface area contributed by atoms with Crippen LogP contribution >= 0.6 is 11.5 Å². The van der Waals surface area contributed by atoms with Gasteiger partial charge in [-0.2, -0.15) is 5.10 Å². The molecular formula is C14H18N6O2S. The molecule has 3 heterocycles. The number of carbonyl (C=O) groups is 2.